The van der Waals surface area contributed by atoms with E-state index in [-0.39, 0.29) is 22.1 Å². The molecule has 3 heterocycles. The molecule has 0 bridgehead atoms. The second kappa shape index (κ2) is 7.43. The Hall–Kier alpha value is -3.65. The SMILES string of the molecule is COc1ccc(C2CN=c3c2c(O)c2c4c(cn2S(=O)(=O)c2ccc(C)cc2)CCN=c34)cc1. The molecule has 7 nitrogen and oxygen atoms in total. The molecule has 172 valence electrons. The molecule has 0 saturated heterocycles. The molecule has 8 heteroatoms. The maximum absolute atomic E-state index is 13.7. The first-order valence-corrected chi connectivity index (χ1v) is 12.6. The summed E-state index contributed by atoms with van der Waals surface area (Å²) in [4.78, 5) is 9.65. The second-order valence-corrected chi connectivity index (χ2v) is 10.6. The van der Waals surface area contributed by atoms with Gasteiger partial charge < -0.3 is 9.84 Å². The highest BCUT2D eigenvalue weighted by molar-refractivity contribution is 7.90. The lowest BCUT2D eigenvalue weighted by molar-refractivity contribution is 0.414. The van der Waals surface area contributed by atoms with Crippen molar-refractivity contribution in [2.45, 2.75) is 24.2 Å². The molecule has 1 N–H and O–H groups in total. The summed E-state index contributed by atoms with van der Waals surface area (Å²) in [6.07, 6.45) is 2.25. The predicted molar refractivity (Wildman–Crippen MR) is 128 cm³/mol. The highest BCUT2D eigenvalue weighted by atomic mass is 32.2. The predicted octanol–water partition coefficient (Wildman–Crippen LogP) is 2.84. The first kappa shape index (κ1) is 20.9. The van der Waals surface area contributed by atoms with E-state index in [1.165, 1.54) is 3.97 Å². The van der Waals surface area contributed by atoms with Crippen molar-refractivity contribution in [2.24, 2.45) is 9.98 Å². The van der Waals surface area contributed by atoms with E-state index in [1.54, 1.807) is 37.6 Å². The summed E-state index contributed by atoms with van der Waals surface area (Å²) in [5.41, 5.74) is 3.71. The lowest BCUT2D eigenvalue weighted by Gasteiger charge is -2.16. The van der Waals surface area contributed by atoms with Gasteiger partial charge in [-0.3, -0.25) is 9.98 Å². The molecule has 0 amide bonds. The fourth-order valence-corrected chi connectivity index (χ4v) is 6.41. The largest absolute Gasteiger partial charge is 0.505 e. The molecule has 0 radical (unpaired) electrons. The number of benzene rings is 3. The maximum atomic E-state index is 13.7. The van der Waals surface area contributed by atoms with Crippen LogP contribution in [0.15, 0.2) is 69.6 Å². The summed E-state index contributed by atoms with van der Waals surface area (Å²) in [7, 11) is -2.31. The Morgan fingerprint density at radius 3 is 2.47 bits per heavy atom. The Labute approximate surface area is 196 Å². The second-order valence-electron chi connectivity index (χ2n) is 8.75. The van der Waals surface area contributed by atoms with Crippen LogP contribution in [0.25, 0.3) is 10.9 Å². The fraction of sp³-hybridized carbons (Fsp3) is 0.231. The van der Waals surface area contributed by atoms with Gasteiger partial charge in [0.1, 0.15) is 17.0 Å². The van der Waals surface area contributed by atoms with Crippen LogP contribution in [0.1, 0.15) is 28.2 Å². The monoisotopic (exact) mass is 473 g/mol. The van der Waals surface area contributed by atoms with Gasteiger partial charge >= 0.3 is 0 Å². The van der Waals surface area contributed by atoms with E-state index < -0.39 is 10.0 Å². The number of aryl methyl sites for hydroxylation is 1. The van der Waals surface area contributed by atoms with E-state index in [2.05, 4.69) is 0 Å². The minimum atomic E-state index is -3.92. The molecule has 4 aromatic rings. The van der Waals surface area contributed by atoms with Crippen LogP contribution in [0.3, 0.4) is 0 Å². The third kappa shape index (κ3) is 2.91. The molecule has 0 spiro atoms. The van der Waals surface area contributed by atoms with Crippen LogP contribution >= 0.6 is 0 Å². The molecule has 6 rings (SSSR count). The van der Waals surface area contributed by atoms with Gasteiger partial charge in [-0.15, -0.1) is 0 Å². The highest BCUT2D eigenvalue weighted by Crippen LogP contribution is 2.39. The van der Waals surface area contributed by atoms with Crippen molar-refractivity contribution >= 4 is 20.9 Å². The van der Waals surface area contributed by atoms with E-state index in [0.717, 1.165) is 22.4 Å². The molecule has 34 heavy (non-hydrogen) atoms. The molecule has 0 fully saturated rings. The van der Waals surface area contributed by atoms with Gasteiger partial charge in [0.25, 0.3) is 10.0 Å². The summed E-state index contributed by atoms with van der Waals surface area (Å²) in [6, 6.07) is 14.4. The summed E-state index contributed by atoms with van der Waals surface area (Å²) < 4.78 is 33.9. The van der Waals surface area contributed by atoms with Crippen LogP contribution in [-0.4, -0.2) is 37.7 Å². The van der Waals surface area contributed by atoms with Gasteiger partial charge in [0, 0.05) is 29.6 Å². The lowest BCUT2D eigenvalue weighted by Crippen LogP contribution is -2.31. The van der Waals surface area contributed by atoms with Crippen LogP contribution in [0.5, 0.6) is 11.5 Å². The minimum absolute atomic E-state index is 0.0464. The van der Waals surface area contributed by atoms with Gasteiger partial charge in [-0.2, -0.15) is 0 Å². The normalized spacial score (nSPS) is 16.7. The van der Waals surface area contributed by atoms with Crippen molar-refractivity contribution in [3.05, 3.63) is 87.7 Å². The molecular weight excluding hydrogens is 450 g/mol. The highest BCUT2D eigenvalue weighted by Gasteiger charge is 2.33. The number of methoxy groups -OCH3 is 1. The summed E-state index contributed by atoms with van der Waals surface area (Å²) in [6.45, 7) is 2.93. The number of fused-ring (bicyclic) bond motifs is 2. The van der Waals surface area contributed by atoms with Gasteiger partial charge in [-0.1, -0.05) is 29.8 Å². The number of hydrogen-bond acceptors (Lipinski definition) is 6. The van der Waals surface area contributed by atoms with Crippen LogP contribution in [0.4, 0.5) is 0 Å². The van der Waals surface area contributed by atoms with Crippen LogP contribution in [0.2, 0.25) is 0 Å². The number of nitrogens with zero attached hydrogens (tertiary/aromatic N) is 3. The van der Waals surface area contributed by atoms with Crippen molar-refractivity contribution in [2.75, 3.05) is 20.2 Å². The molecule has 2 aliphatic rings. The maximum Gasteiger partial charge on any atom is 0.268 e. The number of hydrogen-bond donors (Lipinski definition) is 1. The van der Waals surface area contributed by atoms with Crippen LogP contribution in [-0.2, 0) is 16.4 Å². The smallest absolute Gasteiger partial charge is 0.268 e. The average Bonchev–Trinajstić information content (AvgIpc) is 3.47. The molecule has 0 aliphatic carbocycles. The van der Waals surface area contributed by atoms with Crippen molar-refractivity contribution in [1.29, 1.82) is 0 Å². The zero-order chi connectivity index (χ0) is 23.6. The molecule has 2 aliphatic heterocycles. The Balaban J connectivity index is 1.63. The number of ether oxygens (including phenoxy) is 1. The number of aromatic nitrogens is 1. The third-order valence-corrected chi connectivity index (χ3v) is 8.45. The van der Waals surface area contributed by atoms with Crippen molar-refractivity contribution in [3.8, 4) is 11.5 Å². The van der Waals surface area contributed by atoms with Gasteiger partial charge in [-0.25, -0.2) is 12.4 Å². The van der Waals surface area contributed by atoms with Crippen molar-refractivity contribution in [3.63, 3.8) is 0 Å². The van der Waals surface area contributed by atoms with E-state index >= 15 is 0 Å². The summed E-state index contributed by atoms with van der Waals surface area (Å²) >= 11 is 0. The number of rotatable bonds is 4. The fourth-order valence-electron chi connectivity index (χ4n) is 5.02. The minimum Gasteiger partial charge on any atom is -0.505 e. The van der Waals surface area contributed by atoms with Crippen LogP contribution < -0.4 is 15.5 Å². The van der Waals surface area contributed by atoms with Crippen molar-refractivity contribution in [1.82, 2.24) is 3.97 Å². The van der Waals surface area contributed by atoms with Crippen LogP contribution in [0, 0.1) is 6.92 Å². The van der Waals surface area contributed by atoms with E-state index in [1.807, 2.05) is 31.2 Å². The summed E-state index contributed by atoms with van der Waals surface area (Å²) in [5.74, 6) is 0.494. The number of phenolic OH excluding ortho intramolecular Hbond substituents is 1. The van der Waals surface area contributed by atoms with Gasteiger partial charge in [0.15, 0.2) is 0 Å². The number of aromatic hydroxyl groups is 1. The molecular formula is C26H23N3O4S. The lowest BCUT2D eigenvalue weighted by atomic mass is 9.90. The third-order valence-electron chi connectivity index (χ3n) is 6.77. The summed E-state index contributed by atoms with van der Waals surface area (Å²) in [5, 5.41) is 13.6. The van der Waals surface area contributed by atoms with Crippen molar-refractivity contribution < 1.29 is 18.3 Å². The Morgan fingerprint density at radius 2 is 1.76 bits per heavy atom. The zero-order valence-corrected chi connectivity index (χ0v) is 19.6. The van der Waals surface area contributed by atoms with Gasteiger partial charge in [0.05, 0.1) is 29.3 Å². The first-order chi connectivity index (χ1) is 16.4. The molecule has 1 aromatic heterocycles. The molecule has 1 unspecified atom stereocenters. The molecule has 0 saturated carbocycles. The average molecular weight is 474 g/mol. The van der Waals surface area contributed by atoms with E-state index in [4.69, 9.17) is 14.7 Å². The Kier molecular flexibility index (Phi) is 4.57. The quantitative estimate of drug-likeness (QED) is 0.493. The Morgan fingerprint density at radius 1 is 1.03 bits per heavy atom. The topological polar surface area (TPSA) is 93.2 Å². The molecule has 3 aromatic carbocycles. The van der Waals surface area contributed by atoms with Gasteiger partial charge in [-0.05, 0) is 48.7 Å². The molecule has 1 atom stereocenters. The zero-order valence-electron chi connectivity index (χ0n) is 18.8. The standard InChI is InChI=1S/C26H23N3O4S/c1-15-3-9-19(10-4-15)34(31,32)29-14-17-11-12-27-23-21(17)25(29)26(30)22-20(13-28-24(22)23)16-5-7-18(33-2)8-6-16/h3-10,14,20,30H,11-13H2,1-2H3. The van der Waals surface area contributed by atoms with E-state index in [0.29, 0.717) is 41.2 Å². The number of phenols is 1. The van der Waals surface area contributed by atoms with Gasteiger partial charge in [0.2, 0.25) is 0 Å². The first-order valence-electron chi connectivity index (χ1n) is 11.1. The Bertz CT molecular complexity index is 1690. The van der Waals surface area contributed by atoms with E-state index in [9.17, 15) is 13.5 Å².